The fourth-order valence-corrected chi connectivity index (χ4v) is 3.98. The molecule has 4 atom stereocenters. The molecule has 0 aromatic rings. The van der Waals surface area contributed by atoms with Crippen LogP contribution in [-0.2, 0) is 24.1 Å². The van der Waals surface area contributed by atoms with Gasteiger partial charge in [-0.25, -0.2) is 14.2 Å². The maximum Gasteiger partial charge on any atom is 0.397 e. The first-order valence-corrected chi connectivity index (χ1v) is 8.71. The Hall–Kier alpha value is -2.20. The summed E-state index contributed by atoms with van der Waals surface area (Å²) in [5.41, 5.74) is 9.62. The number of rotatable bonds is 4. The summed E-state index contributed by atoms with van der Waals surface area (Å²) in [4.78, 5) is 20.4. The molecule has 0 aliphatic carbocycles. The van der Waals surface area contributed by atoms with Gasteiger partial charge in [0.25, 0.3) is 0 Å². The van der Waals surface area contributed by atoms with Gasteiger partial charge >= 0.3 is 16.4 Å². The summed E-state index contributed by atoms with van der Waals surface area (Å²) >= 11 is 0. The highest BCUT2D eigenvalue weighted by Gasteiger charge is 2.74. The number of hydrogen-bond acceptors (Lipinski definition) is 13. The molecule has 0 radical (unpaired) electrons. The quantitative estimate of drug-likeness (QED) is 0.151. The second-order valence-corrected chi connectivity index (χ2v) is 7.11. The number of nitrogens with zero attached hydrogens (tertiary/aromatic N) is 3. The van der Waals surface area contributed by atoms with E-state index >= 15 is 0 Å². The van der Waals surface area contributed by atoms with E-state index in [2.05, 4.69) is 19.5 Å². The molecule has 0 unspecified atom stereocenters. The van der Waals surface area contributed by atoms with Gasteiger partial charge in [-0.1, -0.05) is 0 Å². The number of aliphatic hydroxyl groups is 2. The summed E-state index contributed by atoms with van der Waals surface area (Å²) in [5.74, 6) is -3.94. The lowest BCUT2D eigenvalue weighted by atomic mass is 9.86. The zero-order chi connectivity index (χ0) is 19.5. The highest BCUT2D eigenvalue weighted by Crippen LogP contribution is 2.45. The van der Waals surface area contributed by atoms with Crippen molar-refractivity contribution in [1.82, 2.24) is 10.2 Å². The second kappa shape index (κ2) is 5.65. The minimum absolute atomic E-state index is 0.197. The third kappa shape index (κ3) is 2.64. The number of ether oxygens (including phenoxy) is 1. The van der Waals surface area contributed by atoms with Crippen LogP contribution in [0.4, 0.5) is 0 Å². The van der Waals surface area contributed by atoms with Gasteiger partial charge in [0.1, 0.15) is 18.7 Å². The van der Waals surface area contributed by atoms with Gasteiger partial charge in [-0.2, -0.15) is 8.42 Å². The number of nitrogens with two attached hydrogens (primary N) is 2. The Morgan fingerprint density at radius 2 is 2.08 bits per heavy atom. The highest BCUT2D eigenvalue weighted by molar-refractivity contribution is 7.80. The van der Waals surface area contributed by atoms with E-state index in [-0.39, 0.29) is 18.5 Å². The molecule has 3 aliphatic rings. The molecule has 15 heteroatoms. The molecule has 1 spiro atoms. The van der Waals surface area contributed by atoms with Crippen molar-refractivity contribution in [3.63, 3.8) is 0 Å². The van der Waals surface area contributed by atoms with E-state index in [1.54, 1.807) is 0 Å². The number of hydrogen-bond donors (Lipinski definition) is 6. The van der Waals surface area contributed by atoms with Gasteiger partial charge in [-0.05, 0) is 0 Å². The van der Waals surface area contributed by atoms with E-state index in [4.69, 9.17) is 20.8 Å². The average Bonchev–Trinajstić information content (AvgIpc) is 2.93. The lowest BCUT2D eigenvalue weighted by molar-refractivity contribution is -0.252. The Bertz CT molecular complexity index is 797. The van der Waals surface area contributed by atoms with Crippen LogP contribution in [-0.4, -0.2) is 88.8 Å². The predicted molar refractivity (Wildman–Crippen MR) is 83.6 cm³/mol. The van der Waals surface area contributed by atoms with Gasteiger partial charge in [0.2, 0.25) is 5.79 Å². The summed E-state index contributed by atoms with van der Waals surface area (Å²) in [6.07, 6.45) is -1.84. The summed E-state index contributed by atoms with van der Waals surface area (Å²) in [6, 6.07) is -2.05. The molecule has 26 heavy (non-hydrogen) atoms. The van der Waals surface area contributed by atoms with Crippen molar-refractivity contribution < 1.29 is 36.9 Å². The van der Waals surface area contributed by atoms with Gasteiger partial charge in [-0.15, -0.1) is 0 Å². The molecular weight excluding hydrogens is 376 g/mol. The van der Waals surface area contributed by atoms with Crippen LogP contribution in [0.1, 0.15) is 6.92 Å². The summed E-state index contributed by atoms with van der Waals surface area (Å²) in [5, 5.41) is 24.0. The Morgan fingerprint density at radius 1 is 1.42 bits per heavy atom. The molecule has 0 bridgehead atoms. The van der Waals surface area contributed by atoms with Crippen molar-refractivity contribution in [2.45, 2.75) is 36.6 Å². The van der Waals surface area contributed by atoms with Crippen LogP contribution in [0.2, 0.25) is 0 Å². The van der Waals surface area contributed by atoms with E-state index in [1.807, 2.05) is 0 Å². The summed E-state index contributed by atoms with van der Waals surface area (Å²) in [7, 11) is -5.01. The lowest BCUT2D eigenvalue weighted by Crippen LogP contribution is -2.77. The fourth-order valence-electron chi connectivity index (χ4n) is 3.49. The molecule has 8 N–H and O–H groups in total. The molecule has 3 rings (SSSR count). The van der Waals surface area contributed by atoms with Crippen LogP contribution < -0.4 is 16.8 Å². The van der Waals surface area contributed by atoms with Crippen LogP contribution in [0.25, 0.3) is 0 Å². The fraction of sp³-hybridized carbons (Fsp3) is 0.727. The zero-order valence-corrected chi connectivity index (χ0v) is 14.3. The molecule has 0 aromatic heterocycles. The first kappa shape index (κ1) is 18.6. The normalized spacial score (nSPS) is 35.1. The molecule has 1 fully saturated rings. The number of aliphatic imine (C=N–C) groups is 2. The number of carbonyl (C=O) groups is 1. The van der Waals surface area contributed by atoms with Crippen molar-refractivity contribution >= 4 is 28.3 Å². The van der Waals surface area contributed by atoms with Gasteiger partial charge in [0, 0.05) is 6.92 Å². The molecule has 3 heterocycles. The van der Waals surface area contributed by atoms with Crippen LogP contribution >= 0.6 is 0 Å². The monoisotopic (exact) mass is 394 g/mol. The summed E-state index contributed by atoms with van der Waals surface area (Å²) < 4.78 is 40.3. The Morgan fingerprint density at radius 3 is 2.65 bits per heavy atom. The van der Waals surface area contributed by atoms with Crippen molar-refractivity contribution in [1.29, 1.82) is 0 Å². The maximum absolute atomic E-state index is 11.1. The van der Waals surface area contributed by atoms with Crippen LogP contribution in [0.3, 0.4) is 0 Å². The van der Waals surface area contributed by atoms with E-state index in [9.17, 15) is 23.4 Å². The van der Waals surface area contributed by atoms with Gasteiger partial charge in [-0.3, -0.25) is 9.35 Å². The Labute approximate surface area is 147 Å². The Kier molecular flexibility index (Phi) is 4.04. The predicted octanol–water partition coefficient (Wildman–Crippen LogP) is -4.59. The number of esters is 1. The molecule has 146 valence electrons. The third-order valence-electron chi connectivity index (χ3n) is 4.44. The highest BCUT2D eigenvalue weighted by atomic mass is 32.3. The first-order valence-electron chi connectivity index (χ1n) is 7.34. The Balaban J connectivity index is 2.04. The molecule has 0 aromatic carbocycles. The SMILES string of the molecule is CC(=O)OC[C@@H]1N=C(N)N2C[C@H](OS(=O)(=O)O)C(O)(O)[C@@]23NC(N)=N[C@@H]13. The standard InChI is InChI=1S/C11H18N6O8S/c1-4(18)24-3-5-7-10(16-8(12)15-7)11(19,20)6(25-26(21,22)23)2-17(10)9(13)14-5/h5-7,19-20H,2-3H2,1H3,(H2,13,14)(H3,12,15,16)(H,21,22,23)/t5-,6-,7-,10-/m0/s1. The van der Waals surface area contributed by atoms with E-state index in [0.717, 1.165) is 4.90 Å². The number of carbonyl (C=O) groups excluding carboxylic acids is 1. The van der Waals surface area contributed by atoms with Crippen molar-refractivity contribution in [3.05, 3.63) is 0 Å². The molecular formula is C11H18N6O8S. The van der Waals surface area contributed by atoms with Crippen molar-refractivity contribution in [2.75, 3.05) is 13.2 Å². The van der Waals surface area contributed by atoms with Gasteiger partial charge in [0.05, 0.1) is 6.54 Å². The first-order chi connectivity index (χ1) is 11.9. The zero-order valence-electron chi connectivity index (χ0n) is 13.4. The van der Waals surface area contributed by atoms with Crippen LogP contribution in [0, 0.1) is 0 Å². The van der Waals surface area contributed by atoms with Crippen LogP contribution in [0.5, 0.6) is 0 Å². The van der Waals surface area contributed by atoms with E-state index in [0.29, 0.717) is 0 Å². The molecule has 0 amide bonds. The smallest absolute Gasteiger partial charge is 0.397 e. The minimum atomic E-state index is -5.01. The maximum atomic E-state index is 11.1. The number of guanidine groups is 2. The minimum Gasteiger partial charge on any atom is -0.464 e. The largest absolute Gasteiger partial charge is 0.464 e. The van der Waals surface area contributed by atoms with Gasteiger partial charge < -0.3 is 36.6 Å². The topological polar surface area (TPSA) is 222 Å². The third-order valence-corrected chi connectivity index (χ3v) is 4.92. The second-order valence-electron chi connectivity index (χ2n) is 6.06. The summed E-state index contributed by atoms with van der Waals surface area (Å²) in [6.45, 7) is 0.430. The lowest BCUT2D eigenvalue weighted by Gasteiger charge is -2.48. The van der Waals surface area contributed by atoms with E-state index in [1.165, 1.54) is 6.92 Å². The average molecular weight is 394 g/mol. The molecule has 3 aliphatic heterocycles. The molecule has 0 saturated carbocycles. The van der Waals surface area contributed by atoms with E-state index < -0.39 is 52.6 Å². The number of nitrogens with one attached hydrogen (secondary N) is 1. The van der Waals surface area contributed by atoms with Crippen LogP contribution in [0.15, 0.2) is 9.98 Å². The van der Waals surface area contributed by atoms with Gasteiger partial charge in [0.15, 0.2) is 23.7 Å². The molecule has 1 saturated heterocycles. The molecule has 14 nitrogen and oxygen atoms in total. The van der Waals surface area contributed by atoms with Crippen molar-refractivity contribution in [2.24, 2.45) is 21.5 Å². The van der Waals surface area contributed by atoms with Crippen molar-refractivity contribution in [3.8, 4) is 0 Å².